The maximum absolute atomic E-state index is 12.2. The van der Waals surface area contributed by atoms with Crippen LogP contribution in [0.15, 0.2) is 42.5 Å². The van der Waals surface area contributed by atoms with Crippen molar-refractivity contribution in [2.45, 2.75) is 13.5 Å². The molecule has 0 aliphatic rings. The minimum absolute atomic E-state index is 0.0257. The monoisotopic (exact) mass is 402 g/mol. The molecule has 0 spiro atoms. The molecule has 0 unspecified atom stereocenters. The Labute approximate surface area is 167 Å². The fourth-order valence-corrected chi connectivity index (χ4v) is 2.50. The van der Waals surface area contributed by atoms with Gasteiger partial charge in [0.15, 0.2) is 12.4 Å². The fraction of sp³-hybridized carbons (Fsp3) is 0.300. The lowest BCUT2D eigenvalue weighted by molar-refractivity contribution is -0.385. The van der Waals surface area contributed by atoms with Crippen LogP contribution in [0, 0.1) is 10.1 Å². The van der Waals surface area contributed by atoms with Crippen LogP contribution < -0.4 is 9.47 Å². The summed E-state index contributed by atoms with van der Waals surface area (Å²) in [6.07, 6.45) is 0. The second-order valence-electron chi connectivity index (χ2n) is 6.05. The number of carbonyl (C=O) groups excluding carboxylic acids is 2. The third kappa shape index (κ3) is 5.93. The number of nitrogens with zero attached hydrogens (tertiary/aromatic N) is 2. The summed E-state index contributed by atoms with van der Waals surface area (Å²) in [6.45, 7) is 2.31. The van der Waals surface area contributed by atoms with E-state index in [1.807, 2.05) is 31.2 Å². The van der Waals surface area contributed by atoms with E-state index in [1.165, 1.54) is 24.1 Å². The number of carbonyl (C=O) groups is 2. The van der Waals surface area contributed by atoms with E-state index in [-0.39, 0.29) is 17.0 Å². The zero-order chi connectivity index (χ0) is 21.4. The molecule has 2 rings (SSSR count). The average molecular weight is 402 g/mol. The zero-order valence-electron chi connectivity index (χ0n) is 16.4. The van der Waals surface area contributed by atoms with E-state index in [4.69, 9.17) is 14.2 Å². The molecule has 0 saturated heterocycles. The van der Waals surface area contributed by atoms with E-state index in [2.05, 4.69) is 0 Å². The summed E-state index contributed by atoms with van der Waals surface area (Å²) in [7, 11) is 2.88. The molecule has 9 nitrogen and oxygen atoms in total. The first-order chi connectivity index (χ1) is 13.8. The van der Waals surface area contributed by atoms with E-state index >= 15 is 0 Å². The predicted octanol–water partition coefficient (Wildman–Crippen LogP) is 2.82. The molecule has 0 bridgehead atoms. The van der Waals surface area contributed by atoms with Gasteiger partial charge in [-0.3, -0.25) is 14.9 Å². The number of esters is 1. The Hall–Kier alpha value is -3.62. The summed E-state index contributed by atoms with van der Waals surface area (Å²) >= 11 is 0. The number of ether oxygens (including phenoxy) is 3. The van der Waals surface area contributed by atoms with Crippen LogP contribution in [0.25, 0.3) is 0 Å². The summed E-state index contributed by atoms with van der Waals surface area (Å²) in [5.41, 5.74) is 0.488. The van der Waals surface area contributed by atoms with Gasteiger partial charge in [-0.1, -0.05) is 12.1 Å². The highest BCUT2D eigenvalue weighted by Crippen LogP contribution is 2.27. The molecule has 1 amide bonds. The van der Waals surface area contributed by atoms with Gasteiger partial charge >= 0.3 is 11.7 Å². The van der Waals surface area contributed by atoms with Crippen LogP contribution in [0.5, 0.6) is 11.5 Å². The molecule has 2 aromatic rings. The van der Waals surface area contributed by atoms with Gasteiger partial charge in [0.25, 0.3) is 5.91 Å². The van der Waals surface area contributed by atoms with Crippen molar-refractivity contribution in [3.05, 3.63) is 63.7 Å². The minimum atomic E-state index is -0.835. The molecule has 0 atom stereocenters. The Morgan fingerprint density at radius 1 is 1.14 bits per heavy atom. The molecule has 2 aromatic carbocycles. The number of likely N-dealkylation sites (N-methyl/N-ethyl adjacent to an activating group) is 1. The minimum Gasteiger partial charge on any atom is -0.494 e. The Kier molecular flexibility index (Phi) is 7.53. The van der Waals surface area contributed by atoms with E-state index in [0.29, 0.717) is 13.2 Å². The van der Waals surface area contributed by atoms with Crippen LogP contribution in [0.4, 0.5) is 5.69 Å². The molecule has 0 saturated carbocycles. The molecule has 29 heavy (non-hydrogen) atoms. The lowest BCUT2D eigenvalue weighted by Gasteiger charge is -2.17. The molecular formula is C20H22N2O7. The van der Waals surface area contributed by atoms with Crippen LogP contribution in [-0.2, 0) is 16.1 Å². The highest BCUT2D eigenvalue weighted by Gasteiger charge is 2.20. The van der Waals surface area contributed by atoms with Crippen molar-refractivity contribution in [3.8, 4) is 11.5 Å². The molecule has 0 heterocycles. The molecule has 0 aliphatic carbocycles. The van der Waals surface area contributed by atoms with Crippen LogP contribution in [-0.4, -0.2) is 49.1 Å². The highest BCUT2D eigenvalue weighted by molar-refractivity contribution is 5.92. The maximum Gasteiger partial charge on any atom is 0.338 e. The van der Waals surface area contributed by atoms with Gasteiger partial charge in [0.1, 0.15) is 5.75 Å². The normalized spacial score (nSPS) is 10.2. The number of methoxy groups -OCH3 is 1. The summed E-state index contributed by atoms with van der Waals surface area (Å²) < 4.78 is 15.3. The molecule has 0 aliphatic heterocycles. The standard InChI is InChI=1S/C20H22N2O7/c1-4-28-16-8-5-14(6-9-16)12-21(2)19(23)13-29-20(24)15-7-10-18(27-3)17(11-15)22(25)26/h5-11H,4,12-13H2,1-3H3. The average Bonchev–Trinajstić information content (AvgIpc) is 2.72. The van der Waals surface area contributed by atoms with Crippen molar-refractivity contribution in [3.63, 3.8) is 0 Å². The quantitative estimate of drug-likeness (QED) is 0.360. The van der Waals surface area contributed by atoms with Gasteiger partial charge in [0.05, 0.1) is 24.2 Å². The van der Waals surface area contributed by atoms with Gasteiger partial charge in [-0.25, -0.2) is 4.79 Å². The first-order valence-corrected chi connectivity index (χ1v) is 8.81. The van der Waals surface area contributed by atoms with E-state index < -0.39 is 23.4 Å². The Morgan fingerprint density at radius 2 is 1.83 bits per heavy atom. The Bertz CT molecular complexity index is 881. The van der Waals surface area contributed by atoms with Crippen molar-refractivity contribution >= 4 is 17.6 Å². The van der Waals surface area contributed by atoms with E-state index in [0.717, 1.165) is 17.4 Å². The van der Waals surface area contributed by atoms with Crippen molar-refractivity contribution in [1.29, 1.82) is 0 Å². The molecule has 154 valence electrons. The predicted molar refractivity (Wildman–Crippen MR) is 104 cm³/mol. The van der Waals surface area contributed by atoms with Crippen molar-refractivity contribution in [2.75, 3.05) is 27.4 Å². The number of benzene rings is 2. The topological polar surface area (TPSA) is 108 Å². The highest BCUT2D eigenvalue weighted by atomic mass is 16.6. The van der Waals surface area contributed by atoms with Gasteiger partial charge in [-0.05, 0) is 36.8 Å². The summed E-state index contributed by atoms with van der Waals surface area (Å²) in [4.78, 5) is 36.2. The summed E-state index contributed by atoms with van der Waals surface area (Å²) in [5.74, 6) is -0.473. The van der Waals surface area contributed by atoms with Crippen LogP contribution in [0.1, 0.15) is 22.8 Å². The van der Waals surface area contributed by atoms with Crippen LogP contribution >= 0.6 is 0 Å². The van der Waals surface area contributed by atoms with Crippen molar-refractivity contribution in [2.24, 2.45) is 0 Å². The third-order valence-electron chi connectivity index (χ3n) is 4.02. The maximum atomic E-state index is 12.2. The lowest BCUT2D eigenvalue weighted by atomic mass is 10.2. The number of nitro benzene ring substituents is 1. The molecular weight excluding hydrogens is 380 g/mol. The molecule has 0 N–H and O–H groups in total. The van der Waals surface area contributed by atoms with Gasteiger partial charge in [-0.2, -0.15) is 0 Å². The number of rotatable bonds is 9. The SMILES string of the molecule is CCOc1ccc(CN(C)C(=O)COC(=O)c2ccc(OC)c([N+](=O)[O-])c2)cc1. The van der Waals surface area contributed by atoms with Gasteiger partial charge in [-0.15, -0.1) is 0 Å². The second-order valence-corrected chi connectivity index (χ2v) is 6.05. The van der Waals surface area contributed by atoms with E-state index in [1.54, 1.807) is 7.05 Å². The van der Waals surface area contributed by atoms with Gasteiger partial charge in [0.2, 0.25) is 0 Å². The molecule has 0 radical (unpaired) electrons. The van der Waals surface area contributed by atoms with Gasteiger partial charge in [0, 0.05) is 19.7 Å². The first kappa shape index (κ1) is 21.7. The molecule has 0 fully saturated rings. The lowest BCUT2D eigenvalue weighted by Crippen LogP contribution is -2.30. The first-order valence-electron chi connectivity index (χ1n) is 8.81. The summed E-state index contributed by atoms with van der Waals surface area (Å²) in [5, 5.41) is 11.0. The third-order valence-corrected chi connectivity index (χ3v) is 4.02. The smallest absolute Gasteiger partial charge is 0.338 e. The van der Waals surface area contributed by atoms with Crippen molar-refractivity contribution in [1.82, 2.24) is 4.90 Å². The zero-order valence-corrected chi connectivity index (χ0v) is 16.4. The Balaban J connectivity index is 1.93. The molecule has 0 aromatic heterocycles. The van der Waals surface area contributed by atoms with Crippen LogP contribution in [0.3, 0.4) is 0 Å². The van der Waals surface area contributed by atoms with Crippen LogP contribution in [0.2, 0.25) is 0 Å². The largest absolute Gasteiger partial charge is 0.494 e. The fourth-order valence-electron chi connectivity index (χ4n) is 2.50. The van der Waals surface area contributed by atoms with Crippen molar-refractivity contribution < 1.29 is 28.7 Å². The number of hydrogen-bond acceptors (Lipinski definition) is 7. The van der Waals surface area contributed by atoms with Gasteiger partial charge < -0.3 is 19.1 Å². The van der Waals surface area contributed by atoms with E-state index in [9.17, 15) is 19.7 Å². The number of amides is 1. The second kappa shape index (κ2) is 10.1. The number of nitro groups is 1. The molecule has 9 heteroatoms. The Morgan fingerprint density at radius 3 is 2.41 bits per heavy atom. The summed E-state index contributed by atoms with van der Waals surface area (Å²) in [6, 6.07) is 11.0. The number of hydrogen-bond donors (Lipinski definition) is 0.